The largest absolute Gasteiger partial charge is 0.490 e. The minimum absolute atomic E-state index is 0.216. The van der Waals surface area contributed by atoms with E-state index in [2.05, 4.69) is 49.1 Å². The Morgan fingerprint density at radius 2 is 2.17 bits per heavy atom. The van der Waals surface area contributed by atoms with E-state index in [0.29, 0.717) is 30.0 Å². The van der Waals surface area contributed by atoms with Crippen molar-refractivity contribution in [3.63, 3.8) is 0 Å². The summed E-state index contributed by atoms with van der Waals surface area (Å²) in [6.07, 6.45) is 0. The maximum Gasteiger partial charge on any atom is 0.183 e. The molecular weight excluding hydrogens is 420 g/mol. The molecule has 8 heteroatoms. The molecule has 0 bridgehead atoms. The Kier molecular flexibility index (Phi) is 6.43. The molecule has 1 atom stereocenters. The highest BCUT2D eigenvalue weighted by molar-refractivity contribution is 7.14. The van der Waals surface area contributed by atoms with E-state index in [1.807, 2.05) is 17.5 Å². The van der Waals surface area contributed by atoms with Crippen LogP contribution in [0.15, 0.2) is 23.6 Å². The molecule has 4 rings (SSSR count). The normalized spacial score (nSPS) is 17.6. The number of morpholine rings is 1. The van der Waals surface area contributed by atoms with E-state index >= 15 is 0 Å². The predicted octanol–water partition coefficient (Wildman–Crippen LogP) is 4.85. The zero-order chi connectivity index (χ0) is 21.3. The number of halogens is 1. The molecule has 0 aliphatic carbocycles. The summed E-state index contributed by atoms with van der Waals surface area (Å²) in [6.45, 7) is 9.12. The van der Waals surface area contributed by atoms with Gasteiger partial charge in [0.1, 0.15) is 23.1 Å². The van der Waals surface area contributed by atoms with Gasteiger partial charge in [0.05, 0.1) is 30.5 Å². The van der Waals surface area contributed by atoms with Crippen LogP contribution < -0.4 is 10.1 Å². The number of likely N-dealkylation sites (N-methyl/N-ethyl adjacent to an activating group) is 1. The third-order valence-corrected chi connectivity index (χ3v) is 6.36. The Balaban J connectivity index is 1.62. The van der Waals surface area contributed by atoms with Crippen molar-refractivity contribution in [1.29, 1.82) is 0 Å². The Morgan fingerprint density at radius 1 is 1.33 bits per heavy atom. The topological polar surface area (TPSA) is 59.5 Å². The highest BCUT2D eigenvalue weighted by Crippen LogP contribution is 2.35. The first-order valence-electron chi connectivity index (χ1n) is 10.2. The summed E-state index contributed by atoms with van der Waals surface area (Å²) >= 11 is 8.32. The van der Waals surface area contributed by atoms with Crippen LogP contribution in [-0.2, 0) is 4.74 Å². The average molecular weight is 447 g/mol. The first-order chi connectivity index (χ1) is 14.4. The van der Waals surface area contributed by atoms with E-state index in [0.717, 1.165) is 46.1 Å². The highest BCUT2D eigenvalue weighted by atomic mass is 35.5. The number of anilines is 1. The molecule has 1 aliphatic heterocycles. The molecule has 3 aromatic rings. The van der Waals surface area contributed by atoms with Crippen LogP contribution in [0.5, 0.6) is 5.75 Å². The van der Waals surface area contributed by atoms with E-state index < -0.39 is 0 Å². The van der Waals surface area contributed by atoms with Gasteiger partial charge in [-0.1, -0.05) is 11.6 Å². The van der Waals surface area contributed by atoms with E-state index in [9.17, 15) is 0 Å². The molecule has 1 N–H and O–H groups in total. The Morgan fingerprint density at radius 3 is 2.93 bits per heavy atom. The van der Waals surface area contributed by atoms with Crippen molar-refractivity contribution in [1.82, 2.24) is 14.9 Å². The fraction of sp³-hybridized carbons (Fsp3) is 0.455. The third kappa shape index (κ3) is 4.54. The lowest BCUT2D eigenvalue weighted by Gasteiger charge is -2.32. The number of thiazole rings is 1. The van der Waals surface area contributed by atoms with Crippen molar-refractivity contribution in [3.8, 4) is 17.1 Å². The van der Waals surface area contributed by atoms with Crippen molar-refractivity contribution in [2.45, 2.75) is 32.9 Å². The second-order valence-electron chi connectivity index (χ2n) is 7.96. The number of nitrogens with one attached hydrogen (secondary N) is 1. The average Bonchev–Trinajstić information content (AvgIpc) is 3.16. The molecule has 0 spiro atoms. The Hall–Kier alpha value is -1.93. The molecule has 0 saturated carbocycles. The quantitative estimate of drug-likeness (QED) is 0.584. The molecule has 2 aromatic heterocycles. The molecular formula is C22H27ClN4O2S. The van der Waals surface area contributed by atoms with Gasteiger partial charge in [-0.15, -0.1) is 11.3 Å². The molecule has 3 heterocycles. The van der Waals surface area contributed by atoms with Gasteiger partial charge in [0.25, 0.3) is 0 Å². The van der Waals surface area contributed by atoms with E-state index in [-0.39, 0.29) is 6.04 Å². The number of ether oxygens (including phenoxy) is 2. The van der Waals surface area contributed by atoms with Crippen LogP contribution in [0.2, 0.25) is 5.02 Å². The first-order valence-corrected chi connectivity index (χ1v) is 11.4. The summed E-state index contributed by atoms with van der Waals surface area (Å²) in [5, 5.41) is 7.80. The lowest BCUT2D eigenvalue weighted by atomic mass is 10.1. The minimum atomic E-state index is 0.216. The van der Waals surface area contributed by atoms with Crippen molar-refractivity contribution < 1.29 is 9.47 Å². The maximum atomic E-state index is 6.74. The smallest absolute Gasteiger partial charge is 0.183 e. The van der Waals surface area contributed by atoms with Crippen molar-refractivity contribution >= 4 is 39.0 Å². The molecule has 1 aromatic carbocycles. The maximum absolute atomic E-state index is 6.74. The van der Waals surface area contributed by atoms with Gasteiger partial charge >= 0.3 is 0 Å². The summed E-state index contributed by atoms with van der Waals surface area (Å²) in [4.78, 5) is 11.8. The van der Waals surface area contributed by atoms with Crippen LogP contribution in [0.25, 0.3) is 22.3 Å². The van der Waals surface area contributed by atoms with Gasteiger partial charge in [-0.25, -0.2) is 9.97 Å². The standard InChI is InChI=1S/C22H27ClN4O2S/c1-13(2)24-22-26-18(12-30-22)17-9-14(3)16-5-6-19(20(23)21(16)25-17)29-11-15-10-28-8-7-27(15)4/h5-6,9,12-13,15H,7-8,10-11H2,1-4H3,(H,24,26)/t15-/m0/s1. The van der Waals surface area contributed by atoms with Crippen LogP contribution >= 0.6 is 22.9 Å². The SMILES string of the molecule is Cc1cc(-c2csc(NC(C)C)n2)nc2c(Cl)c(OC[C@@H]3COCCN3C)ccc12. The lowest BCUT2D eigenvalue weighted by molar-refractivity contribution is -0.0107. The van der Waals surface area contributed by atoms with Crippen molar-refractivity contribution in [2.75, 3.05) is 38.7 Å². The zero-order valence-corrected chi connectivity index (χ0v) is 19.3. The molecule has 0 unspecified atom stereocenters. The number of benzene rings is 1. The van der Waals surface area contributed by atoms with E-state index in [4.69, 9.17) is 26.1 Å². The molecule has 30 heavy (non-hydrogen) atoms. The molecule has 1 saturated heterocycles. The van der Waals surface area contributed by atoms with Gasteiger partial charge in [0.2, 0.25) is 0 Å². The fourth-order valence-corrected chi connectivity index (χ4v) is 4.57. The van der Waals surface area contributed by atoms with Crippen molar-refractivity contribution in [3.05, 3.63) is 34.2 Å². The van der Waals surface area contributed by atoms with E-state index in [1.165, 1.54) is 0 Å². The van der Waals surface area contributed by atoms with Gasteiger partial charge in [-0.2, -0.15) is 0 Å². The number of pyridine rings is 1. The Labute approximate surface area is 186 Å². The van der Waals surface area contributed by atoms with Gasteiger partial charge in [0, 0.05) is 23.4 Å². The Bertz CT molecular complexity index is 1040. The van der Waals surface area contributed by atoms with Crippen LogP contribution in [0.3, 0.4) is 0 Å². The highest BCUT2D eigenvalue weighted by Gasteiger charge is 2.21. The lowest BCUT2D eigenvalue weighted by Crippen LogP contribution is -2.46. The van der Waals surface area contributed by atoms with Crippen LogP contribution in [-0.4, -0.2) is 60.4 Å². The number of hydrogen-bond donors (Lipinski definition) is 1. The number of aromatic nitrogens is 2. The van der Waals surface area contributed by atoms with Crippen LogP contribution in [0.4, 0.5) is 5.13 Å². The van der Waals surface area contributed by atoms with Gasteiger partial charge in [-0.3, -0.25) is 4.90 Å². The fourth-order valence-electron chi connectivity index (χ4n) is 3.46. The number of nitrogens with zero attached hydrogens (tertiary/aromatic N) is 3. The molecule has 160 valence electrons. The zero-order valence-electron chi connectivity index (χ0n) is 17.7. The van der Waals surface area contributed by atoms with Crippen molar-refractivity contribution in [2.24, 2.45) is 0 Å². The minimum Gasteiger partial charge on any atom is -0.490 e. The summed E-state index contributed by atoms with van der Waals surface area (Å²) in [6, 6.07) is 6.56. The van der Waals surface area contributed by atoms with Crippen LogP contribution in [0, 0.1) is 6.92 Å². The second kappa shape index (κ2) is 9.06. The van der Waals surface area contributed by atoms with Crippen LogP contribution in [0.1, 0.15) is 19.4 Å². The van der Waals surface area contributed by atoms with Gasteiger partial charge in [0.15, 0.2) is 5.13 Å². The second-order valence-corrected chi connectivity index (χ2v) is 9.19. The third-order valence-electron chi connectivity index (χ3n) is 5.22. The van der Waals surface area contributed by atoms with Gasteiger partial charge < -0.3 is 14.8 Å². The summed E-state index contributed by atoms with van der Waals surface area (Å²) in [7, 11) is 2.09. The molecule has 1 fully saturated rings. The molecule has 1 aliphatic rings. The molecule has 0 amide bonds. The summed E-state index contributed by atoms with van der Waals surface area (Å²) < 4.78 is 11.6. The number of hydrogen-bond acceptors (Lipinski definition) is 7. The monoisotopic (exact) mass is 446 g/mol. The number of rotatable bonds is 6. The van der Waals surface area contributed by atoms with E-state index in [1.54, 1.807) is 11.3 Å². The van der Waals surface area contributed by atoms with Gasteiger partial charge in [-0.05, 0) is 51.6 Å². The molecule has 6 nitrogen and oxygen atoms in total. The summed E-state index contributed by atoms with van der Waals surface area (Å²) in [5.41, 5.74) is 3.50. The molecule has 0 radical (unpaired) electrons. The summed E-state index contributed by atoms with van der Waals surface area (Å²) in [5.74, 6) is 0.646. The number of fused-ring (bicyclic) bond motifs is 1. The number of aryl methyl sites for hydroxylation is 1. The first kappa shape index (κ1) is 21.3. The predicted molar refractivity (Wildman–Crippen MR) is 124 cm³/mol.